The molecule has 150 valence electrons. The molecule has 1 aliphatic rings. The Morgan fingerprint density at radius 1 is 0.862 bits per heavy atom. The van der Waals surface area contributed by atoms with Crippen LogP contribution in [0.15, 0.2) is 60.7 Å². The van der Waals surface area contributed by atoms with Crippen LogP contribution >= 0.6 is 11.3 Å². The van der Waals surface area contributed by atoms with Crippen LogP contribution in [0.4, 0.5) is 5.13 Å². The number of carbonyl (C=O) groups is 1. The minimum Gasteiger partial charge on any atom is -0.299 e. The third-order valence-electron chi connectivity index (χ3n) is 4.99. The summed E-state index contributed by atoms with van der Waals surface area (Å²) in [6, 6.07) is 20.7. The summed E-state index contributed by atoms with van der Waals surface area (Å²) in [5.41, 5.74) is 2.52. The summed E-state index contributed by atoms with van der Waals surface area (Å²) in [7, 11) is 0. The van der Waals surface area contributed by atoms with Crippen molar-refractivity contribution in [1.29, 1.82) is 0 Å². The first-order valence-corrected chi connectivity index (χ1v) is 10.7. The Bertz CT molecular complexity index is 907. The Labute approximate surface area is 175 Å². The molecule has 0 unspecified atom stereocenters. The van der Waals surface area contributed by atoms with Gasteiger partial charge >= 0.3 is 0 Å². The van der Waals surface area contributed by atoms with Gasteiger partial charge in [-0.2, -0.15) is 0 Å². The molecule has 3 aromatic rings. The molecule has 1 fully saturated rings. The van der Waals surface area contributed by atoms with Gasteiger partial charge in [0.2, 0.25) is 11.0 Å². The van der Waals surface area contributed by atoms with E-state index in [1.165, 1.54) is 22.5 Å². The van der Waals surface area contributed by atoms with Gasteiger partial charge in [0.05, 0.1) is 6.54 Å². The third kappa shape index (κ3) is 5.93. The predicted octanol–water partition coefficient (Wildman–Crippen LogP) is 2.89. The van der Waals surface area contributed by atoms with Crippen LogP contribution < -0.4 is 5.32 Å². The molecule has 1 aromatic heterocycles. The quantitative estimate of drug-likeness (QED) is 0.653. The Morgan fingerprint density at radius 2 is 1.48 bits per heavy atom. The summed E-state index contributed by atoms with van der Waals surface area (Å²) in [6.45, 7) is 5.11. The number of aromatic nitrogens is 2. The second-order valence-electron chi connectivity index (χ2n) is 7.25. The molecule has 0 spiro atoms. The van der Waals surface area contributed by atoms with E-state index < -0.39 is 0 Å². The summed E-state index contributed by atoms with van der Waals surface area (Å²) >= 11 is 1.44. The molecule has 2 aromatic carbocycles. The Hall–Kier alpha value is -2.61. The van der Waals surface area contributed by atoms with Crippen LogP contribution in [0.3, 0.4) is 0 Å². The summed E-state index contributed by atoms with van der Waals surface area (Å²) in [4.78, 5) is 17.0. The van der Waals surface area contributed by atoms with E-state index in [4.69, 9.17) is 0 Å². The molecule has 1 N–H and O–H groups in total. The molecule has 29 heavy (non-hydrogen) atoms. The third-order valence-corrected chi connectivity index (χ3v) is 5.83. The standard InChI is InChI=1S/C22H25N5OS/c28-20(23-22-25-24-21(29-22)15-18-7-3-1-4-8-18)17-27-13-11-26(12-14-27)16-19-9-5-2-6-10-19/h1-10H,11-17H2,(H,23,25,28). The number of rotatable bonds is 7. The van der Waals surface area contributed by atoms with Crippen molar-refractivity contribution < 1.29 is 4.79 Å². The minimum atomic E-state index is -0.0241. The van der Waals surface area contributed by atoms with E-state index in [9.17, 15) is 4.79 Å². The molecule has 0 saturated carbocycles. The lowest BCUT2D eigenvalue weighted by Gasteiger charge is -2.34. The number of piperazine rings is 1. The number of nitrogens with zero attached hydrogens (tertiary/aromatic N) is 4. The zero-order valence-electron chi connectivity index (χ0n) is 16.3. The minimum absolute atomic E-state index is 0.0241. The first-order valence-electron chi connectivity index (χ1n) is 9.89. The maximum absolute atomic E-state index is 12.4. The van der Waals surface area contributed by atoms with E-state index in [-0.39, 0.29) is 5.91 Å². The number of hydrogen-bond donors (Lipinski definition) is 1. The van der Waals surface area contributed by atoms with Crippen LogP contribution in [0.25, 0.3) is 0 Å². The first-order chi connectivity index (χ1) is 14.2. The van der Waals surface area contributed by atoms with Crippen molar-refractivity contribution in [3.05, 3.63) is 76.8 Å². The average molecular weight is 408 g/mol. The number of amides is 1. The lowest BCUT2D eigenvalue weighted by molar-refractivity contribution is -0.117. The average Bonchev–Trinajstić information content (AvgIpc) is 3.17. The molecular formula is C22H25N5OS. The highest BCUT2D eigenvalue weighted by Crippen LogP contribution is 2.18. The fraction of sp³-hybridized carbons (Fsp3) is 0.318. The lowest BCUT2D eigenvalue weighted by atomic mass is 10.2. The second kappa shape index (κ2) is 9.73. The predicted molar refractivity (Wildman–Crippen MR) is 116 cm³/mol. The van der Waals surface area contributed by atoms with Gasteiger partial charge in [-0.1, -0.05) is 72.0 Å². The molecule has 0 bridgehead atoms. The van der Waals surface area contributed by atoms with Crippen LogP contribution in [-0.4, -0.2) is 58.6 Å². The van der Waals surface area contributed by atoms with Gasteiger partial charge in [0.1, 0.15) is 5.01 Å². The molecule has 4 rings (SSSR count). The largest absolute Gasteiger partial charge is 0.299 e. The van der Waals surface area contributed by atoms with Crippen LogP contribution in [-0.2, 0) is 17.8 Å². The summed E-state index contributed by atoms with van der Waals surface area (Å²) in [5, 5.41) is 12.7. The molecule has 1 aliphatic heterocycles. The highest BCUT2D eigenvalue weighted by atomic mass is 32.1. The van der Waals surface area contributed by atoms with E-state index >= 15 is 0 Å². The fourth-order valence-corrected chi connectivity index (χ4v) is 4.25. The lowest BCUT2D eigenvalue weighted by Crippen LogP contribution is -2.48. The monoisotopic (exact) mass is 407 g/mol. The fourth-order valence-electron chi connectivity index (χ4n) is 3.46. The van der Waals surface area contributed by atoms with Crippen molar-refractivity contribution in [2.24, 2.45) is 0 Å². The molecule has 7 heteroatoms. The van der Waals surface area contributed by atoms with Crippen molar-refractivity contribution in [1.82, 2.24) is 20.0 Å². The topological polar surface area (TPSA) is 61.4 Å². The van der Waals surface area contributed by atoms with Crippen molar-refractivity contribution in [3.8, 4) is 0 Å². The molecular weight excluding hydrogens is 382 g/mol. The molecule has 1 amide bonds. The molecule has 0 atom stereocenters. The van der Waals surface area contributed by atoms with Crippen LogP contribution in [0.2, 0.25) is 0 Å². The number of hydrogen-bond acceptors (Lipinski definition) is 6. The maximum Gasteiger partial charge on any atom is 0.240 e. The second-order valence-corrected chi connectivity index (χ2v) is 8.31. The number of anilines is 1. The van der Waals surface area contributed by atoms with E-state index in [1.807, 2.05) is 24.3 Å². The van der Waals surface area contributed by atoms with E-state index in [0.717, 1.165) is 44.2 Å². The van der Waals surface area contributed by atoms with E-state index in [1.54, 1.807) is 0 Å². The normalized spacial score (nSPS) is 15.3. The van der Waals surface area contributed by atoms with Crippen molar-refractivity contribution in [3.63, 3.8) is 0 Å². The smallest absolute Gasteiger partial charge is 0.240 e. The Balaban J connectivity index is 1.20. The zero-order valence-corrected chi connectivity index (χ0v) is 17.1. The van der Waals surface area contributed by atoms with E-state index in [2.05, 4.69) is 61.7 Å². The van der Waals surface area contributed by atoms with Crippen LogP contribution in [0.1, 0.15) is 16.1 Å². The summed E-state index contributed by atoms with van der Waals surface area (Å²) in [6.07, 6.45) is 0.734. The van der Waals surface area contributed by atoms with Crippen molar-refractivity contribution in [2.45, 2.75) is 13.0 Å². The molecule has 1 saturated heterocycles. The highest BCUT2D eigenvalue weighted by molar-refractivity contribution is 7.15. The van der Waals surface area contributed by atoms with Crippen molar-refractivity contribution in [2.75, 3.05) is 38.0 Å². The van der Waals surface area contributed by atoms with Gasteiger partial charge in [0, 0.05) is 39.1 Å². The zero-order chi connectivity index (χ0) is 19.9. The van der Waals surface area contributed by atoms with Gasteiger partial charge < -0.3 is 0 Å². The van der Waals surface area contributed by atoms with Crippen LogP contribution in [0, 0.1) is 0 Å². The Morgan fingerprint density at radius 3 is 2.17 bits per heavy atom. The SMILES string of the molecule is O=C(CN1CCN(Cc2ccccc2)CC1)Nc1nnc(Cc2ccccc2)s1. The Kier molecular flexibility index (Phi) is 6.61. The van der Waals surface area contributed by atoms with Gasteiger partial charge in [-0.3, -0.25) is 19.9 Å². The van der Waals surface area contributed by atoms with Crippen molar-refractivity contribution >= 4 is 22.4 Å². The number of nitrogens with one attached hydrogen (secondary N) is 1. The molecule has 2 heterocycles. The molecule has 0 aliphatic carbocycles. The summed E-state index contributed by atoms with van der Waals surface area (Å²) < 4.78 is 0. The van der Waals surface area contributed by atoms with Gasteiger partial charge in [-0.25, -0.2) is 0 Å². The van der Waals surface area contributed by atoms with Gasteiger partial charge in [0.25, 0.3) is 0 Å². The number of carbonyl (C=O) groups excluding carboxylic acids is 1. The highest BCUT2D eigenvalue weighted by Gasteiger charge is 2.19. The molecule has 6 nitrogen and oxygen atoms in total. The van der Waals surface area contributed by atoms with E-state index in [0.29, 0.717) is 11.7 Å². The van der Waals surface area contributed by atoms with Gasteiger partial charge in [-0.05, 0) is 11.1 Å². The van der Waals surface area contributed by atoms with Gasteiger partial charge in [0.15, 0.2) is 0 Å². The molecule has 0 radical (unpaired) electrons. The maximum atomic E-state index is 12.4. The number of benzene rings is 2. The van der Waals surface area contributed by atoms with Crippen LogP contribution in [0.5, 0.6) is 0 Å². The van der Waals surface area contributed by atoms with Gasteiger partial charge in [-0.15, -0.1) is 10.2 Å². The summed E-state index contributed by atoms with van der Waals surface area (Å²) in [5.74, 6) is -0.0241. The first kappa shape index (κ1) is 19.7.